The maximum absolute atomic E-state index is 13.6. The first-order valence-corrected chi connectivity index (χ1v) is 15.1. The number of aromatic nitrogens is 2. The summed E-state index contributed by atoms with van der Waals surface area (Å²) >= 11 is 0. The Hall–Kier alpha value is -4.53. The van der Waals surface area contributed by atoms with Crippen molar-refractivity contribution in [2.45, 2.75) is 32.1 Å². The largest absolute Gasteiger partial charge is 0.420 e. The zero-order valence-electron chi connectivity index (χ0n) is 24.5. The number of rotatable bonds is 13. The van der Waals surface area contributed by atoms with Crippen LogP contribution in [0.15, 0.2) is 47.5 Å². The summed E-state index contributed by atoms with van der Waals surface area (Å²) in [6.07, 6.45) is 0.816. The van der Waals surface area contributed by atoms with Gasteiger partial charge in [-0.15, -0.1) is 0 Å². The Morgan fingerprint density at radius 3 is 2.33 bits per heavy atom. The monoisotopic (exact) mass is 620 g/mol. The predicted molar refractivity (Wildman–Crippen MR) is 158 cm³/mol. The van der Waals surface area contributed by atoms with Crippen molar-refractivity contribution >= 4 is 45.0 Å². The van der Waals surface area contributed by atoms with Crippen molar-refractivity contribution in [3.05, 3.63) is 54.2 Å². The lowest BCUT2D eigenvalue weighted by Gasteiger charge is -2.22. The van der Waals surface area contributed by atoms with Gasteiger partial charge in [-0.1, -0.05) is 13.0 Å². The Morgan fingerprint density at radius 1 is 0.977 bits per heavy atom. The van der Waals surface area contributed by atoms with E-state index in [1.165, 1.54) is 31.3 Å². The molecule has 0 radical (unpaired) electrons. The predicted octanol–water partition coefficient (Wildman–Crippen LogP) is 4.61. The third-order valence-corrected chi connectivity index (χ3v) is 7.77. The lowest BCUT2D eigenvalue weighted by molar-refractivity contribution is -0.134. The van der Waals surface area contributed by atoms with Gasteiger partial charge in [0.1, 0.15) is 0 Å². The molecule has 12 nitrogen and oxygen atoms in total. The molecule has 2 N–H and O–H groups in total. The number of ether oxygens (including phenoxy) is 2. The van der Waals surface area contributed by atoms with Crippen molar-refractivity contribution in [3.8, 4) is 11.5 Å². The minimum atomic E-state index is -3.97. The minimum Gasteiger partial charge on any atom is -0.420 e. The first kappa shape index (κ1) is 33.0. The second kappa shape index (κ2) is 14.6. The summed E-state index contributed by atoms with van der Waals surface area (Å²) in [5.74, 6) is -2.95. The van der Waals surface area contributed by atoms with Crippen molar-refractivity contribution in [1.29, 1.82) is 0 Å². The Morgan fingerprint density at radius 2 is 1.70 bits per heavy atom. The molecule has 43 heavy (non-hydrogen) atoms. The molecule has 0 aliphatic rings. The van der Waals surface area contributed by atoms with Crippen molar-refractivity contribution in [3.63, 3.8) is 0 Å². The highest BCUT2D eigenvalue weighted by Gasteiger charge is 2.21. The van der Waals surface area contributed by atoms with Crippen LogP contribution in [0.4, 0.5) is 36.7 Å². The van der Waals surface area contributed by atoms with E-state index in [0.717, 1.165) is 12.1 Å². The molecule has 0 bridgehead atoms. The molecule has 0 saturated carbocycles. The second-order valence-electron chi connectivity index (χ2n) is 9.27. The van der Waals surface area contributed by atoms with E-state index in [0.29, 0.717) is 30.8 Å². The third-order valence-electron chi connectivity index (χ3n) is 6.06. The van der Waals surface area contributed by atoms with Crippen LogP contribution in [0.25, 0.3) is 0 Å². The van der Waals surface area contributed by atoms with Gasteiger partial charge in [0.15, 0.2) is 38.8 Å². The molecule has 0 spiro atoms. The Balaban J connectivity index is 1.97. The fourth-order valence-electron chi connectivity index (χ4n) is 3.66. The Bertz CT molecular complexity index is 1570. The van der Waals surface area contributed by atoms with E-state index >= 15 is 0 Å². The van der Waals surface area contributed by atoms with E-state index in [-0.39, 0.29) is 40.9 Å². The van der Waals surface area contributed by atoms with E-state index in [4.69, 9.17) is 9.47 Å². The molecule has 1 aromatic heterocycles. The number of esters is 1. The molecule has 1 amide bonds. The number of nitrogens with one attached hydrogen (secondary N) is 2. The third kappa shape index (κ3) is 8.50. The van der Waals surface area contributed by atoms with Crippen LogP contribution in [0.1, 0.15) is 27.2 Å². The lowest BCUT2D eigenvalue weighted by atomic mass is 10.2. The minimum absolute atomic E-state index is 0.0179. The highest BCUT2D eigenvalue weighted by molar-refractivity contribution is 7.91. The van der Waals surface area contributed by atoms with Crippen LogP contribution in [0, 0.1) is 11.6 Å². The second-order valence-corrected chi connectivity index (χ2v) is 11.4. The Kier molecular flexibility index (Phi) is 11.2. The van der Waals surface area contributed by atoms with Crippen LogP contribution in [0.2, 0.25) is 0 Å². The molecule has 0 saturated heterocycles. The van der Waals surface area contributed by atoms with Crippen LogP contribution in [-0.2, 0) is 14.6 Å². The average molecular weight is 621 g/mol. The SMILES string of the molecule is CCC(=O)Oc1c(Nc2nc(N(CC)CC)ncc2NCCS(=O)(=O)c2ccc(F)c(F)c2)cccc1OC(=O)N(C)C. The molecule has 3 rings (SSSR count). The molecule has 2 aromatic carbocycles. The maximum atomic E-state index is 13.6. The normalized spacial score (nSPS) is 11.0. The van der Waals surface area contributed by atoms with Gasteiger partial charge >= 0.3 is 12.1 Å². The summed E-state index contributed by atoms with van der Waals surface area (Å²) in [6, 6.07) is 7.02. The van der Waals surface area contributed by atoms with E-state index in [1.54, 1.807) is 19.1 Å². The zero-order valence-corrected chi connectivity index (χ0v) is 25.3. The van der Waals surface area contributed by atoms with Gasteiger partial charge in [-0.25, -0.2) is 27.0 Å². The summed E-state index contributed by atoms with van der Waals surface area (Å²) in [5.41, 5.74) is 0.521. The van der Waals surface area contributed by atoms with Crippen LogP contribution >= 0.6 is 0 Å². The number of anilines is 4. The quantitative estimate of drug-likeness (QED) is 0.157. The number of hydrogen-bond acceptors (Lipinski definition) is 11. The molecule has 0 atom stereocenters. The number of para-hydroxylation sites is 1. The molecular formula is C28H34F2N6O6S. The first-order chi connectivity index (χ1) is 20.4. The number of sulfone groups is 1. The fourth-order valence-corrected chi connectivity index (χ4v) is 4.83. The van der Waals surface area contributed by atoms with E-state index in [9.17, 15) is 26.8 Å². The van der Waals surface area contributed by atoms with Gasteiger partial charge in [0, 0.05) is 40.2 Å². The molecule has 0 aliphatic heterocycles. The molecule has 0 aliphatic carbocycles. The highest BCUT2D eigenvalue weighted by Crippen LogP contribution is 2.39. The topological polar surface area (TPSA) is 143 Å². The summed E-state index contributed by atoms with van der Waals surface area (Å²) in [7, 11) is -0.962. The molecule has 0 fully saturated rings. The number of halogens is 2. The molecule has 3 aromatic rings. The number of nitrogens with zero attached hydrogens (tertiary/aromatic N) is 4. The molecular weight excluding hydrogens is 586 g/mol. The van der Waals surface area contributed by atoms with E-state index in [1.807, 2.05) is 18.7 Å². The highest BCUT2D eigenvalue weighted by atomic mass is 32.2. The van der Waals surface area contributed by atoms with Gasteiger partial charge in [-0.05, 0) is 44.2 Å². The number of benzene rings is 2. The van der Waals surface area contributed by atoms with E-state index < -0.39 is 39.3 Å². The van der Waals surface area contributed by atoms with Crippen molar-refractivity contribution in [2.75, 3.05) is 55.0 Å². The maximum Gasteiger partial charge on any atom is 0.414 e. The van der Waals surface area contributed by atoms with E-state index in [2.05, 4.69) is 20.6 Å². The van der Waals surface area contributed by atoms with Gasteiger partial charge in [0.05, 0.1) is 28.2 Å². The van der Waals surface area contributed by atoms with Crippen LogP contribution < -0.4 is 25.0 Å². The van der Waals surface area contributed by atoms with Gasteiger partial charge in [-0.2, -0.15) is 4.98 Å². The lowest BCUT2D eigenvalue weighted by Crippen LogP contribution is -2.26. The summed E-state index contributed by atoms with van der Waals surface area (Å²) in [5, 5.41) is 6.05. The van der Waals surface area contributed by atoms with Gasteiger partial charge < -0.3 is 29.9 Å². The van der Waals surface area contributed by atoms with Crippen LogP contribution in [-0.4, -0.2) is 74.8 Å². The van der Waals surface area contributed by atoms with Crippen LogP contribution in [0.3, 0.4) is 0 Å². The summed E-state index contributed by atoms with van der Waals surface area (Å²) in [4.78, 5) is 36.3. The Labute approximate surface area is 248 Å². The molecule has 232 valence electrons. The van der Waals surface area contributed by atoms with Crippen molar-refractivity contribution in [1.82, 2.24) is 14.9 Å². The number of hydrogen-bond donors (Lipinski definition) is 2. The molecule has 1 heterocycles. The number of carbonyl (C=O) groups is 2. The average Bonchev–Trinajstić information content (AvgIpc) is 2.97. The van der Waals surface area contributed by atoms with Crippen molar-refractivity contribution < 1.29 is 36.3 Å². The van der Waals surface area contributed by atoms with Crippen LogP contribution in [0.5, 0.6) is 11.5 Å². The van der Waals surface area contributed by atoms with Gasteiger partial charge in [0.25, 0.3) is 0 Å². The summed E-state index contributed by atoms with van der Waals surface area (Å²) < 4.78 is 63.4. The summed E-state index contributed by atoms with van der Waals surface area (Å²) in [6.45, 7) is 6.54. The van der Waals surface area contributed by atoms with Crippen molar-refractivity contribution in [2.24, 2.45) is 0 Å². The zero-order chi connectivity index (χ0) is 31.7. The smallest absolute Gasteiger partial charge is 0.414 e. The standard InChI is InChI=1S/C28H34F2N6O6S/c1-6-24(37)42-25-21(10-9-11-23(25)41-28(38)35(4)5)33-26-22(17-32-27(34-26)36(7-2)8-3)31-14-15-43(39,40)18-12-13-19(29)20(30)16-18/h9-13,16-17,31H,6-8,14-15H2,1-5H3,(H,32,33,34). The first-order valence-electron chi connectivity index (χ1n) is 13.4. The van der Waals surface area contributed by atoms with Gasteiger partial charge in [0.2, 0.25) is 5.95 Å². The molecule has 0 unspecified atom stereocenters. The number of carbonyl (C=O) groups excluding carboxylic acids is 2. The number of amides is 1. The molecule has 15 heteroatoms. The fraction of sp³-hybridized carbons (Fsp3) is 0.357. The van der Waals surface area contributed by atoms with Gasteiger partial charge in [-0.3, -0.25) is 4.79 Å².